The van der Waals surface area contributed by atoms with Crippen molar-refractivity contribution in [3.8, 4) is 0 Å². The third-order valence-corrected chi connectivity index (χ3v) is 8.18. The second-order valence-corrected chi connectivity index (χ2v) is 11.1. The van der Waals surface area contributed by atoms with E-state index in [0.29, 0.717) is 6.42 Å². The summed E-state index contributed by atoms with van der Waals surface area (Å²) in [5.41, 5.74) is 0. The van der Waals surface area contributed by atoms with Gasteiger partial charge in [0.15, 0.2) is 8.32 Å². The van der Waals surface area contributed by atoms with E-state index in [-0.39, 0.29) is 11.6 Å². The number of ether oxygens (including phenoxy) is 1. The summed E-state index contributed by atoms with van der Waals surface area (Å²) in [6.07, 6.45) is 2.59. The minimum atomic E-state index is -2.01. The fourth-order valence-electron chi connectivity index (χ4n) is 1.53. The molecule has 0 fully saturated rings. The molecule has 0 heterocycles. The van der Waals surface area contributed by atoms with E-state index in [9.17, 15) is 5.26 Å². The Morgan fingerprint density at radius 2 is 1.72 bits per heavy atom. The van der Waals surface area contributed by atoms with Gasteiger partial charge in [-0.3, -0.25) is 0 Å². The molecule has 1 N–H and O–H groups in total. The van der Waals surface area contributed by atoms with Crippen LogP contribution in [0.25, 0.3) is 0 Å². The van der Waals surface area contributed by atoms with Gasteiger partial charge in [0.1, 0.15) is 6.61 Å². The highest BCUT2D eigenvalue weighted by molar-refractivity contribution is 6.74. The normalized spacial score (nSPS) is 16.7. The Morgan fingerprint density at radius 1 is 1.17 bits per heavy atom. The molecule has 18 heavy (non-hydrogen) atoms. The third-order valence-electron chi connectivity index (χ3n) is 3.69. The summed E-state index contributed by atoms with van der Waals surface area (Å²) in [7, 11) is -0.422. The Morgan fingerprint density at radius 3 is 2.06 bits per heavy atom. The summed E-state index contributed by atoms with van der Waals surface area (Å²) in [4.78, 5) is 4.70. The standard InChI is InChI=1S/C13H30O4Si/c1-8-9-10-13(16-14,11-15-5)17-18(6,7)12(2,3)4/h14H,8-11H2,1-7H3. The largest absolute Gasteiger partial charge is 0.386 e. The lowest BCUT2D eigenvalue weighted by atomic mass is 10.1. The minimum Gasteiger partial charge on any atom is -0.386 e. The predicted octanol–water partition coefficient (Wildman–Crippen LogP) is 4.03. The van der Waals surface area contributed by atoms with Crippen LogP contribution in [0.4, 0.5) is 0 Å². The monoisotopic (exact) mass is 278 g/mol. The average molecular weight is 278 g/mol. The van der Waals surface area contributed by atoms with Crippen molar-refractivity contribution < 1.29 is 19.3 Å². The van der Waals surface area contributed by atoms with E-state index in [2.05, 4.69) is 40.8 Å². The maximum absolute atomic E-state index is 9.28. The van der Waals surface area contributed by atoms with Gasteiger partial charge in [0, 0.05) is 13.5 Å². The Hall–Kier alpha value is 0.0569. The molecular weight excluding hydrogens is 248 g/mol. The fraction of sp³-hybridized carbons (Fsp3) is 1.00. The molecule has 0 aliphatic rings. The van der Waals surface area contributed by atoms with Crippen molar-refractivity contribution in [3.05, 3.63) is 0 Å². The zero-order valence-electron chi connectivity index (χ0n) is 13.0. The summed E-state index contributed by atoms with van der Waals surface area (Å²) in [5, 5.41) is 9.35. The Labute approximate surface area is 113 Å². The van der Waals surface area contributed by atoms with E-state index >= 15 is 0 Å². The number of unbranched alkanes of at least 4 members (excludes halogenated alkanes) is 1. The predicted molar refractivity (Wildman–Crippen MR) is 76.1 cm³/mol. The third kappa shape index (κ3) is 4.97. The molecule has 0 aliphatic carbocycles. The number of methoxy groups -OCH3 is 1. The summed E-state index contributed by atoms with van der Waals surface area (Å²) in [5.74, 6) is -1.02. The Bertz CT molecular complexity index is 238. The fourth-order valence-corrected chi connectivity index (χ4v) is 2.96. The van der Waals surface area contributed by atoms with Gasteiger partial charge in [-0.05, 0) is 24.6 Å². The van der Waals surface area contributed by atoms with Gasteiger partial charge in [0.2, 0.25) is 5.79 Å². The maximum Gasteiger partial charge on any atom is 0.215 e. The van der Waals surface area contributed by atoms with E-state index in [4.69, 9.17) is 14.1 Å². The number of hydrogen-bond acceptors (Lipinski definition) is 4. The molecule has 1 unspecified atom stereocenters. The molecule has 0 aromatic rings. The summed E-state index contributed by atoms with van der Waals surface area (Å²) in [6.45, 7) is 13.1. The molecule has 0 bridgehead atoms. The highest BCUT2D eigenvalue weighted by Crippen LogP contribution is 2.40. The molecular formula is C13H30O4Si. The van der Waals surface area contributed by atoms with Crippen LogP contribution in [0.3, 0.4) is 0 Å². The van der Waals surface area contributed by atoms with Crippen molar-refractivity contribution in [1.82, 2.24) is 0 Å². The van der Waals surface area contributed by atoms with Gasteiger partial charge in [-0.25, -0.2) is 10.1 Å². The van der Waals surface area contributed by atoms with E-state index in [1.165, 1.54) is 0 Å². The maximum atomic E-state index is 9.28. The Balaban J connectivity index is 4.97. The van der Waals surface area contributed by atoms with Gasteiger partial charge in [-0.2, -0.15) is 0 Å². The molecule has 5 heteroatoms. The first-order valence-electron chi connectivity index (χ1n) is 6.66. The molecule has 0 rings (SSSR count). The first-order valence-corrected chi connectivity index (χ1v) is 9.56. The highest BCUT2D eigenvalue weighted by Gasteiger charge is 2.46. The first kappa shape index (κ1) is 18.1. The number of hydrogen-bond donors (Lipinski definition) is 1. The van der Waals surface area contributed by atoms with Gasteiger partial charge in [0.25, 0.3) is 0 Å². The van der Waals surface area contributed by atoms with Crippen molar-refractivity contribution in [2.24, 2.45) is 0 Å². The first-order chi connectivity index (χ1) is 8.14. The van der Waals surface area contributed by atoms with Crippen molar-refractivity contribution in [1.29, 1.82) is 0 Å². The van der Waals surface area contributed by atoms with Gasteiger partial charge < -0.3 is 9.16 Å². The van der Waals surface area contributed by atoms with Crippen LogP contribution in [0, 0.1) is 0 Å². The van der Waals surface area contributed by atoms with E-state index in [1.54, 1.807) is 7.11 Å². The van der Waals surface area contributed by atoms with Crippen molar-refractivity contribution >= 4 is 8.32 Å². The van der Waals surface area contributed by atoms with Crippen LogP contribution in [0.5, 0.6) is 0 Å². The Kier molecular flexibility index (Phi) is 7.03. The van der Waals surface area contributed by atoms with E-state index in [0.717, 1.165) is 12.8 Å². The van der Waals surface area contributed by atoms with Crippen LogP contribution in [0.1, 0.15) is 47.0 Å². The molecule has 110 valence electrons. The quantitative estimate of drug-likeness (QED) is 0.315. The SMILES string of the molecule is CCCCC(COC)(OO)O[Si](C)(C)C(C)(C)C. The second-order valence-electron chi connectivity index (χ2n) is 6.40. The van der Waals surface area contributed by atoms with Crippen LogP contribution in [0.2, 0.25) is 18.1 Å². The molecule has 0 radical (unpaired) electrons. The molecule has 0 saturated heterocycles. The van der Waals surface area contributed by atoms with Gasteiger partial charge in [-0.1, -0.05) is 34.1 Å². The van der Waals surface area contributed by atoms with E-state index < -0.39 is 14.1 Å². The van der Waals surface area contributed by atoms with Crippen LogP contribution < -0.4 is 0 Å². The van der Waals surface area contributed by atoms with Crippen molar-refractivity contribution in [3.63, 3.8) is 0 Å². The lowest BCUT2D eigenvalue weighted by Gasteiger charge is -2.43. The molecule has 0 saturated carbocycles. The zero-order chi connectivity index (χ0) is 14.4. The lowest BCUT2D eigenvalue weighted by molar-refractivity contribution is -0.396. The lowest BCUT2D eigenvalue weighted by Crippen LogP contribution is -2.53. The minimum absolute atomic E-state index is 0.0662. The van der Waals surface area contributed by atoms with Gasteiger partial charge in [0.05, 0.1) is 0 Å². The second kappa shape index (κ2) is 7.00. The van der Waals surface area contributed by atoms with Crippen LogP contribution in [-0.2, 0) is 14.1 Å². The van der Waals surface area contributed by atoms with Gasteiger partial charge in [-0.15, -0.1) is 0 Å². The molecule has 0 amide bonds. The molecule has 1 atom stereocenters. The van der Waals surface area contributed by atoms with Crippen LogP contribution in [0.15, 0.2) is 0 Å². The number of rotatable bonds is 8. The molecule has 4 nitrogen and oxygen atoms in total. The topological polar surface area (TPSA) is 47.9 Å². The smallest absolute Gasteiger partial charge is 0.215 e. The zero-order valence-corrected chi connectivity index (χ0v) is 14.0. The highest BCUT2D eigenvalue weighted by atomic mass is 28.4. The van der Waals surface area contributed by atoms with E-state index in [1.807, 2.05) is 0 Å². The molecule has 0 spiro atoms. The summed E-state index contributed by atoms with van der Waals surface area (Å²) >= 11 is 0. The molecule has 0 aromatic carbocycles. The molecule has 0 aliphatic heterocycles. The van der Waals surface area contributed by atoms with Crippen molar-refractivity contribution in [2.75, 3.05) is 13.7 Å². The molecule has 0 aromatic heterocycles. The van der Waals surface area contributed by atoms with Crippen LogP contribution >= 0.6 is 0 Å². The average Bonchev–Trinajstić information content (AvgIpc) is 2.24. The summed E-state index contributed by atoms with van der Waals surface area (Å²) in [6, 6.07) is 0. The van der Waals surface area contributed by atoms with Crippen molar-refractivity contribution in [2.45, 2.75) is 70.9 Å². The summed E-state index contributed by atoms with van der Waals surface area (Å²) < 4.78 is 11.4. The van der Waals surface area contributed by atoms with Gasteiger partial charge >= 0.3 is 0 Å². The van der Waals surface area contributed by atoms with Crippen LogP contribution in [-0.4, -0.2) is 33.1 Å².